The minimum atomic E-state index is -0.695. The molecule has 0 aromatic carbocycles. The highest BCUT2D eigenvalue weighted by Gasteiger charge is 2.43. The van der Waals surface area contributed by atoms with Crippen LogP contribution in [0.4, 0.5) is 0 Å². The van der Waals surface area contributed by atoms with Gasteiger partial charge in [-0.3, -0.25) is 4.79 Å². The molecule has 14 heavy (non-hydrogen) atoms. The summed E-state index contributed by atoms with van der Waals surface area (Å²) in [5.74, 6) is 0.304. The van der Waals surface area contributed by atoms with Gasteiger partial charge in [0.05, 0.1) is 5.54 Å². The van der Waals surface area contributed by atoms with Crippen molar-refractivity contribution in [2.75, 3.05) is 13.2 Å². The molecule has 0 bridgehead atoms. The van der Waals surface area contributed by atoms with Gasteiger partial charge in [-0.15, -0.1) is 0 Å². The van der Waals surface area contributed by atoms with E-state index in [4.69, 9.17) is 10.8 Å². The Morgan fingerprint density at radius 3 is 2.71 bits per heavy atom. The van der Waals surface area contributed by atoms with Crippen LogP contribution >= 0.6 is 0 Å². The number of carbonyl (C=O) groups excluding carboxylic acids is 1. The maximum absolute atomic E-state index is 11.6. The van der Waals surface area contributed by atoms with E-state index in [1.165, 1.54) is 0 Å². The number of nitrogens with one attached hydrogen (secondary N) is 1. The number of hydrogen-bond donors (Lipinski definition) is 3. The van der Waals surface area contributed by atoms with Gasteiger partial charge in [0.25, 0.3) is 0 Å². The van der Waals surface area contributed by atoms with Crippen molar-refractivity contribution in [2.24, 2.45) is 11.7 Å². The average molecular weight is 200 g/mol. The third kappa shape index (κ3) is 2.96. The number of nitrogens with two attached hydrogens (primary N) is 1. The van der Waals surface area contributed by atoms with E-state index >= 15 is 0 Å². The van der Waals surface area contributed by atoms with Crippen LogP contribution in [-0.4, -0.2) is 29.7 Å². The largest absolute Gasteiger partial charge is 0.396 e. The van der Waals surface area contributed by atoms with E-state index in [0.717, 1.165) is 25.7 Å². The molecule has 0 radical (unpaired) electrons. The Labute approximate surface area is 84.9 Å². The normalized spacial score (nSPS) is 20.2. The molecule has 4 N–H and O–H groups in total. The lowest BCUT2D eigenvalue weighted by atomic mass is 9.96. The summed E-state index contributed by atoms with van der Waals surface area (Å²) in [7, 11) is 0. The van der Waals surface area contributed by atoms with Crippen LogP contribution in [0.2, 0.25) is 0 Å². The molecule has 1 amide bonds. The van der Waals surface area contributed by atoms with Crippen molar-refractivity contribution in [2.45, 2.75) is 38.1 Å². The molecule has 4 heteroatoms. The van der Waals surface area contributed by atoms with Gasteiger partial charge >= 0.3 is 0 Å². The Bertz CT molecular complexity index is 200. The molecule has 1 atom stereocenters. The quantitative estimate of drug-likeness (QED) is 0.528. The van der Waals surface area contributed by atoms with Gasteiger partial charge in [0, 0.05) is 13.2 Å². The molecule has 0 heterocycles. The molecule has 0 saturated heterocycles. The van der Waals surface area contributed by atoms with E-state index in [1.807, 2.05) is 0 Å². The van der Waals surface area contributed by atoms with Crippen molar-refractivity contribution >= 4 is 5.91 Å². The molecule has 1 rings (SSSR count). The van der Waals surface area contributed by atoms with Crippen LogP contribution in [0.25, 0.3) is 0 Å². The minimum Gasteiger partial charge on any atom is -0.396 e. The van der Waals surface area contributed by atoms with E-state index in [1.54, 1.807) is 6.92 Å². The number of unbranched alkanes of at least 4 members (excludes halogenated alkanes) is 1. The van der Waals surface area contributed by atoms with Gasteiger partial charge in [0.15, 0.2) is 0 Å². The molecule has 1 fully saturated rings. The first-order chi connectivity index (χ1) is 6.59. The van der Waals surface area contributed by atoms with Gasteiger partial charge in [-0.2, -0.15) is 0 Å². The van der Waals surface area contributed by atoms with E-state index in [2.05, 4.69) is 5.32 Å². The third-order valence-electron chi connectivity index (χ3n) is 2.79. The summed E-state index contributed by atoms with van der Waals surface area (Å²) >= 11 is 0. The molecule has 0 aromatic heterocycles. The second kappa shape index (κ2) is 4.75. The van der Waals surface area contributed by atoms with Crippen molar-refractivity contribution in [1.82, 2.24) is 5.32 Å². The summed E-state index contributed by atoms with van der Waals surface area (Å²) in [4.78, 5) is 11.6. The van der Waals surface area contributed by atoms with Crippen LogP contribution in [0.3, 0.4) is 0 Å². The van der Waals surface area contributed by atoms with Crippen LogP contribution in [-0.2, 0) is 4.79 Å². The predicted molar refractivity (Wildman–Crippen MR) is 54.6 cm³/mol. The summed E-state index contributed by atoms with van der Waals surface area (Å²) in [5, 5.41) is 11.4. The number of hydrogen-bond acceptors (Lipinski definition) is 3. The summed E-state index contributed by atoms with van der Waals surface area (Å²) in [6.45, 7) is 2.59. The monoisotopic (exact) mass is 200 g/mol. The van der Waals surface area contributed by atoms with Crippen LogP contribution in [0.15, 0.2) is 0 Å². The highest BCUT2D eigenvalue weighted by atomic mass is 16.2. The highest BCUT2D eigenvalue weighted by Crippen LogP contribution is 2.37. The van der Waals surface area contributed by atoms with Crippen LogP contribution < -0.4 is 11.1 Å². The Hall–Kier alpha value is -0.610. The molecule has 1 aliphatic rings. The van der Waals surface area contributed by atoms with Gasteiger partial charge in [0.2, 0.25) is 5.91 Å². The lowest BCUT2D eigenvalue weighted by molar-refractivity contribution is -0.126. The number of amides is 1. The summed E-state index contributed by atoms with van der Waals surface area (Å²) in [5.41, 5.74) is 5.22. The number of aliphatic hydroxyl groups is 1. The van der Waals surface area contributed by atoms with Crippen LogP contribution in [0, 0.1) is 5.92 Å². The zero-order chi connectivity index (χ0) is 10.6. The topological polar surface area (TPSA) is 75.4 Å². The van der Waals surface area contributed by atoms with Crippen molar-refractivity contribution < 1.29 is 9.90 Å². The van der Waals surface area contributed by atoms with E-state index in [-0.39, 0.29) is 12.5 Å². The summed E-state index contributed by atoms with van der Waals surface area (Å²) in [6.07, 6.45) is 3.67. The number of aliphatic hydroxyl groups excluding tert-OH is 1. The Kier molecular flexibility index (Phi) is 3.89. The maximum Gasteiger partial charge on any atom is 0.240 e. The Morgan fingerprint density at radius 1 is 1.57 bits per heavy atom. The molecule has 1 aliphatic carbocycles. The molecular weight excluding hydrogens is 180 g/mol. The van der Waals surface area contributed by atoms with Gasteiger partial charge in [-0.25, -0.2) is 0 Å². The third-order valence-corrected chi connectivity index (χ3v) is 2.79. The van der Waals surface area contributed by atoms with Crippen molar-refractivity contribution in [3.63, 3.8) is 0 Å². The highest BCUT2D eigenvalue weighted by molar-refractivity contribution is 5.86. The Balaban J connectivity index is 2.20. The Morgan fingerprint density at radius 2 is 2.21 bits per heavy atom. The van der Waals surface area contributed by atoms with Crippen molar-refractivity contribution in [1.29, 1.82) is 0 Å². The second-order valence-corrected chi connectivity index (χ2v) is 4.24. The fraction of sp³-hybridized carbons (Fsp3) is 0.900. The molecule has 1 unspecified atom stereocenters. The smallest absolute Gasteiger partial charge is 0.240 e. The fourth-order valence-corrected chi connectivity index (χ4v) is 1.50. The van der Waals surface area contributed by atoms with E-state index < -0.39 is 5.54 Å². The first kappa shape index (κ1) is 11.5. The van der Waals surface area contributed by atoms with Gasteiger partial charge in [-0.05, 0) is 38.5 Å². The second-order valence-electron chi connectivity index (χ2n) is 4.24. The molecule has 1 saturated carbocycles. The number of rotatable bonds is 6. The van der Waals surface area contributed by atoms with Crippen molar-refractivity contribution in [3.05, 3.63) is 0 Å². The fourth-order valence-electron chi connectivity index (χ4n) is 1.50. The zero-order valence-electron chi connectivity index (χ0n) is 8.75. The van der Waals surface area contributed by atoms with Gasteiger partial charge < -0.3 is 16.2 Å². The maximum atomic E-state index is 11.6. The van der Waals surface area contributed by atoms with Crippen molar-refractivity contribution in [3.8, 4) is 0 Å². The molecule has 82 valence electrons. The standard InChI is InChI=1S/C10H20N2O2/c1-10(11,8-4-5-8)9(14)12-6-2-3-7-13/h8,13H,2-7,11H2,1H3,(H,12,14). The van der Waals surface area contributed by atoms with Crippen LogP contribution in [0.5, 0.6) is 0 Å². The van der Waals surface area contributed by atoms with E-state index in [9.17, 15) is 4.79 Å². The van der Waals surface area contributed by atoms with Gasteiger partial charge in [0.1, 0.15) is 0 Å². The first-order valence-electron chi connectivity index (χ1n) is 5.27. The zero-order valence-corrected chi connectivity index (χ0v) is 8.75. The number of carbonyl (C=O) groups is 1. The molecule has 4 nitrogen and oxygen atoms in total. The van der Waals surface area contributed by atoms with Crippen LogP contribution in [0.1, 0.15) is 32.6 Å². The molecule has 0 aromatic rings. The predicted octanol–water partition coefficient (Wildman–Crippen LogP) is 0.00250. The molecular formula is C10H20N2O2. The molecule has 0 aliphatic heterocycles. The summed E-state index contributed by atoms with van der Waals surface area (Å²) in [6, 6.07) is 0. The SMILES string of the molecule is CC(N)(C(=O)NCCCCO)C1CC1. The summed E-state index contributed by atoms with van der Waals surface area (Å²) < 4.78 is 0. The van der Waals surface area contributed by atoms with Gasteiger partial charge in [-0.1, -0.05) is 0 Å². The molecule has 0 spiro atoms. The lowest BCUT2D eigenvalue weighted by Gasteiger charge is -2.23. The first-order valence-corrected chi connectivity index (χ1v) is 5.27. The average Bonchev–Trinajstić information content (AvgIpc) is 2.94. The van der Waals surface area contributed by atoms with E-state index in [0.29, 0.717) is 12.5 Å². The lowest BCUT2D eigenvalue weighted by Crippen LogP contribution is -2.53. The minimum absolute atomic E-state index is 0.0575.